The maximum absolute atomic E-state index is 12.4. The second-order valence-electron chi connectivity index (χ2n) is 5.88. The van der Waals surface area contributed by atoms with Gasteiger partial charge in [-0.25, -0.2) is 0 Å². The first-order valence-corrected chi connectivity index (χ1v) is 9.38. The van der Waals surface area contributed by atoms with Crippen LogP contribution < -0.4 is 11.1 Å². The Bertz CT molecular complexity index is 1040. The number of nitrogens with one attached hydrogen (secondary N) is 1. The summed E-state index contributed by atoms with van der Waals surface area (Å²) in [7, 11) is 0. The molecule has 27 heavy (non-hydrogen) atoms. The van der Waals surface area contributed by atoms with Gasteiger partial charge in [0, 0.05) is 38.5 Å². The SMILES string of the molecule is CC(=O)/C(=C/c1ccc(-c2ccccc2Cl)s1)NC(=O)c1cccc(N)c1. The summed E-state index contributed by atoms with van der Waals surface area (Å²) in [6.07, 6.45) is 1.66. The Morgan fingerprint density at radius 3 is 2.56 bits per heavy atom. The number of nitrogen functional groups attached to an aromatic ring is 1. The lowest BCUT2D eigenvalue weighted by atomic mass is 10.1. The molecule has 3 N–H and O–H groups in total. The molecule has 0 aliphatic rings. The smallest absolute Gasteiger partial charge is 0.255 e. The molecule has 0 bridgehead atoms. The third-order valence-corrected chi connectivity index (χ3v) is 5.22. The Kier molecular flexibility index (Phi) is 5.74. The minimum absolute atomic E-state index is 0.218. The first-order valence-electron chi connectivity index (χ1n) is 8.18. The fraction of sp³-hybridized carbons (Fsp3) is 0.0476. The number of carbonyl (C=O) groups is 2. The molecule has 4 nitrogen and oxygen atoms in total. The molecule has 0 atom stereocenters. The molecule has 3 aromatic rings. The number of benzene rings is 2. The van der Waals surface area contributed by atoms with E-state index in [-0.39, 0.29) is 17.4 Å². The fourth-order valence-electron chi connectivity index (χ4n) is 2.48. The highest BCUT2D eigenvalue weighted by molar-refractivity contribution is 7.16. The van der Waals surface area contributed by atoms with Crippen LogP contribution in [0.1, 0.15) is 22.2 Å². The van der Waals surface area contributed by atoms with E-state index < -0.39 is 0 Å². The van der Waals surface area contributed by atoms with E-state index in [4.69, 9.17) is 17.3 Å². The lowest BCUT2D eigenvalue weighted by molar-refractivity contribution is -0.113. The van der Waals surface area contributed by atoms with Gasteiger partial charge in [-0.15, -0.1) is 11.3 Å². The summed E-state index contributed by atoms with van der Waals surface area (Å²) >= 11 is 7.73. The summed E-state index contributed by atoms with van der Waals surface area (Å²) in [4.78, 5) is 26.2. The summed E-state index contributed by atoms with van der Waals surface area (Å²) in [6.45, 7) is 1.41. The zero-order valence-corrected chi connectivity index (χ0v) is 16.1. The number of nitrogens with two attached hydrogens (primary N) is 1. The van der Waals surface area contributed by atoms with Gasteiger partial charge in [-0.2, -0.15) is 0 Å². The van der Waals surface area contributed by atoms with E-state index in [0.29, 0.717) is 16.3 Å². The number of allylic oxidation sites excluding steroid dienone is 1. The molecule has 0 radical (unpaired) electrons. The number of hydrogen-bond donors (Lipinski definition) is 2. The third-order valence-electron chi connectivity index (χ3n) is 3.83. The fourth-order valence-corrected chi connectivity index (χ4v) is 3.76. The van der Waals surface area contributed by atoms with Crippen LogP contribution in [-0.4, -0.2) is 11.7 Å². The van der Waals surface area contributed by atoms with Gasteiger partial charge in [-0.1, -0.05) is 35.9 Å². The third kappa shape index (κ3) is 4.64. The van der Waals surface area contributed by atoms with Crippen molar-refractivity contribution >= 4 is 46.4 Å². The quantitative estimate of drug-likeness (QED) is 0.470. The van der Waals surface area contributed by atoms with Crippen LogP contribution in [0.15, 0.2) is 66.4 Å². The van der Waals surface area contributed by atoms with Gasteiger partial charge < -0.3 is 11.1 Å². The van der Waals surface area contributed by atoms with Crippen molar-refractivity contribution in [3.8, 4) is 10.4 Å². The van der Waals surface area contributed by atoms with Gasteiger partial charge in [0.1, 0.15) is 0 Å². The molecule has 0 aliphatic carbocycles. The van der Waals surface area contributed by atoms with Gasteiger partial charge in [-0.3, -0.25) is 9.59 Å². The van der Waals surface area contributed by atoms with Crippen molar-refractivity contribution in [3.63, 3.8) is 0 Å². The first-order chi connectivity index (χ1) is 12.9. The van der Waals surface area contributed by atoms with Crippen molar-refractivity contribution < 1.29 is 9.59 Å². The molecular formula is C21H17ClN2O2S. The summed E-state index contributed by atoms with van der Waals surface area (Å²) < 4.78 is 0. The van der Waals surface area contributed by atoms with Crippen molar-refractivity contribution in [2.24, 2.45) is 0 Å². The number of amides is 1. The Hall–Kier alpha value is -2.89. The average Bonchev–Trinajstić information content (AvgIpc) is 3.09. The Morgan fingerprint density at radius 2 is 1.85 bits per heavy atom. The molecule has 1 heterocycles. The molecule has 1 aromatic heterocycles. The summed E-state index contributed by atoms with van der Waals surface area (Å²) in [5.41, 5.74) is 7.73. The van der Waals surface area contributed by atoms with E-state index >= 15 is 0 Å². The van der Waals surface area contributed by atoms with Crippen molar-refractivity contribution in [2.45, 2.75) is 6.92 Å². The van der Waals surface area contributed by atoms with Crippen LogP contribution in [0, 0.1) is 0 Å². The first kappa shape index (κ1) is 18.9. The molecule has 0 aliphatic heterocycles. The van der Waals surface area contributed by atoms with Gasteiger partial charge in [0.05, 0.1) is 5.70 Å². The van der Waals surface area contributed by atoms with Crippen molar-refractivity contribution in [1.29, 1.82) is 0 Å². The molecule has 0 fully saturated rings. The lowest BCUT2D eigenvalue weighted by Gasteiger charge is -2.07. The van der Waals surface area contributed by atoms with Crippen LogP contribution in [0.2, 0.25) is 5.02 Å². The monoisotopic (exact) mass is 396 g/mol. The maximum Gasteiger partial charge on any atom is 0.255 e. The molecule has 6 heteroatoms. The number of rotatable bonds is 5. The van der Waals surface area contributed by atoms with Crippen LogP contribution in [0.5, 0.6) is 0 Å². The topological polar surface area (TPSA) is 72.2 Å². The molecule has 0 saturated carbocycles. The molecular weight excluding hydrogens is 380 g/mol. The molecule has 136 valence electrons. The minimum atomic E-state index is -0.383. The van der Waals surface area contributed by atoms with E-state index in [1.54, 1.807) is 30.3 Å². The standard InChI is InChI=1S/C21H17ClN2O2S/c1-13(25)19(24-21(26)14-5-4-6-15(23)11-14)12-16-9-10-20(27-16)17-7-2-3-8-18(17)22/h2-12H,23H2,1H3,(H,24,26)/b19-12-. The molecule has 0 spiro atoms. The number of Topliss-reactive ketones (excluding diaryl/α,β-unsaturated/α-hetero) is 1. The highest BCUT2D eigenvalue weighted by atomic mass is 35.5. The van der Waals surface area contributed by atoms with Crippen LogP contribution in [0.4, 0.5) is 5.69 Å². The molecule has 0 unspecified atom stereocenters. The molecule has 2 aromatic carbocycles. The molecule has 0 saturated heterocycles. The number of anilines is 1. The van der Waals surface area contributed by atoms with Crippen molar-refractivity contribution in [1.82, 2.24) is 5.32 Å². The number of ketones is 1. The molecule has 1 amide bonds. The number of thiophene rings is 1. The zero-order valence-electron chi connectivity index (χ0n) is 14.5. The van der Waals surface area contributed by atoms with E-state index in [0.717, 1.165) is 15.3 Å². The van der Waals surface area contributed by atoms with E-state index in [9.17, 15) is 9.59 Å². The van der Waals surface area contributed by atoms with Gasteiger partial charge in [0.25, 0.3) is 5.91 Å². The van der Waals surface area contributed by atoms with Gasteiger partial charge >= 0.3 is 0 Å². The van der Waals surface area contributed by atoms with Crippen molar-refractivity contribution in [2.75, 3.05) is 5.73 Å². The second kappa shape index (κ2) is 8.20. The average molecular weight is 397 g/mol. The van der Waals surface area contributed by atoms with Crippen LogP contribution in [0.25, 0.3) is 16.5 Å². The van der Waals surface area contributed by atoms with Crippen LogP contribution >= 0.6 is 22.9 Å². The lowest BCUT2D eigenvalue weighted by Crippen LogP contribution is -2.26. The number of hydrogen-bond acceptors (Lipinski definition) is 4. The summed E-state index contributed by atoms with van der Waals surface area (Å²) in [5.74, 6) is -0.619. The number of carbonyl (C=O) groups excluding carboxylic acids is 2. The largest absolute Gasteiger partial charge is 0.399 e. The van der Waals surface area contributed by atoms with Crippen molar-refractivity contribution in [3.05, 3.63) is 81.8 Å². The normalized spacial score (nSPS) is 11.3. The predicted molar refractivity (Wildman–Crippen MR) is 112 cm³/mol. The highest BCUT2D eigenvalue weighted by Crippen LogP contribution is 2.33. The second-order valence-corrected chi connectivity index (χ2v) is 7.40. The summed E-state index contributed by atoms with van der Waals surface area (Å²) in [6, 6.07) is 18.0. The minimum Gasteiger partial charge on any atom is -0.399 e. The Morgan fingerprint density at radius 1 is 1.07 bits per heavy atom. The van der Waals surface area contributed by atoms with E-state index in [1.807, 2.05) is 36.4 Å². The summed E-state index contributed by atoms with van der Waals surface area (Å²) in [5, 5.41) is 3.33. The predicted octanol–water partition coefficient (Wildman–Crippen LogP) is 5.01. The Balaban J connectivity index is 1.85. The van der Waals surface area contributed by atoms with Gasteiger partial charge in [0.2, 0.25) is 0 Å². The van der Waals surface area contributed by atoms with Crippen LogP contribution in [0.3, 0.4) is 0 Å². The van der Waals surface area contributed by atoms with Gasteiger partial charge in [0.15, 0.2) is 5.78 Å². The Labute approximate surface area is 166 Å². The molecule has 3 rings (SSSR count). The zero-order chi connectivity index (χ0) is 19.4. The highest BCUT2D eigenvalue weighted by Gasteiger charge is 2.13. The van der Waals surface area contributed by atoms with E-state index in [1.165, 1.54) is 18.3 Å². The maximum atomic E-state index is 12.4. The van der Waals surface area contributed by atoms with E-state index in [2.05, 4.69) is 5.32 Å². The van der Waals surface area contributed by atoms with Gasteiger partial charge in [-0.05, 0) is 42.5 Å². The van der Waals surface area contributed by atoms with Crippen LogP contribution in [-0.2, 0) is 4.79 Å². The number of halogens is 1.